The first-order valence-corrected chi connectivity index (χ1v) is 7.44. The van der Waals surface area contributed by atoms with Crippen molar-refractivity contribution in [2.45, 2.75) is 45.1 Å². The van der Waals surface area contributed by atoms with Crippen LogP contribution < -0.4 is 5.32 Å². The molecule has 94 valence electrons. The fourth-order valence-corrected chi connectivity index (χ4v) is 2.98. The van der Waals surface area contributed by atoms with Crippen LogP contribution in [0.3, 0.4) is 0 Å². The molecule has 0 bridgehead atoms. The van der Waals surface area contributed by atoms with Crippen LogP contribution in [-0.4, -0.2) is 11.5 Å². The van der Waals surface area contributed by atoms with Crippen molar-refractivity contribution in [2.75, 3.05) is 6.54 Å². The Morgan fingerprint density at radius 2 is 2.06 bits per heavy atom. The Bertz CT molecular complexity index is 335. The molecule has 1 aromatic rings. The Morgan fingerprint density at radius 3 is 2.82 bits per heavy atom. The molecule has 1 aliphatic rings. The van der Waals surface area contributed by atoms with Crippen LogP contribution in [0.1, 0.15) is 44.1 Å². The molecule has 1 N–H and O–H groups in total. The van der Waals surface area contributed by atoms with Crippen LogP contribution in [-0.2, 0) is 6.54 Å². The lowest BCUT2D eigenvalue weighted by Gasteiger charge is -2.21. The van der Waals surface area contributed by atoms with Crippen molar-refractivity contribution >= 4 is 15.9 Å². The van der Waals surface area contributed by atoms with Crippen LogP contribution in [0.2, 0.25) is 0 Å². The molecule has 3 heteroatoms. The summed E-state index contributed by atoms with van der Waals surface area (Å²) in [6, 6.07) is 2.13. The number of hydrogen-bond donors (Lipinski definition) is 1. The fourth-order valence-electron chi connectivity index (χ4n) is 2.57. The highest BCUT2D eigenvalue weighted by Gasteiger charge is 2.12. The molecule has 1 aliphatic carbocycles. The van der Waals surface area contributed by atoms with Gasteiger partial charge in [-0.3, -0.25) is 4.98 Å². The number of pyridine rings is 1. The number of nitrogens with zero attached hydrogens (tertiary/aromatic N) is 1. The monoisotopic (exact) mass is 296 g/mol. The predicted octanol–water partition coefficient (Wildman–Crippen LogP) is 3.90. The SMILES string of the molecule is Brc1cncc(CNCCC2CCCCC2)c1. The number of nitrogens with one attached hydrogen (secondary N) is 1. The fraction of sp³-hybridized carbons (Fsp3) is 0.643. The molecule has 1 fully saturated rings. The molecule has 0 radical (unpaired) electrons. The molecule has 0 unspecified atom stereocenters. The first-order valence-electron chi connectivity index (χ1n) is 6.65. The summed E-state index contributed by atoms with van der Waals surface area (Å²) < 4.78 is 1.06. The zero-order chi connectivity index (χ0) is 11.9. The molecule has 0 atom stereocenters. The second-order valence-corrected chi connectivity index (χ2v) is 5.90. The quantitative estimate of drug-likeness (QED) is 0.834. The summed E-state index contributed by atoms with van der Waals surface area (Å²) in [5.41, 5.74) is 1.25. The second-order valence-electron chi connectivity index (χ2n) is 4.98. The van der Waals surface area contributed by atoms with Gasteiger partial charge in [-0.25, -0.2) is 0 Å². The maximum Gasteiger partial charge on any atom is 0.0410 e. The van der Waals surface area contributed by atoms with Crippen molar-refractivity contribution in [3.05, 3.63) is 28.5 Å². The van der Waals surface area contributed by atoms with Gasteiger partial charge in [0.25, 0.3) is 0 Å². The van der Waals surface area contributed by atoms with Crippen molar-refractivity contribution in [3.63, 3.8) is 0 Å². The zero-order valence-corrected chi connectivity index (χ0v) is 11.9. The van der Waals surface area contributed by atoms with Gasteiger partial charge in [0.15, 0.2) is 0 Å². The minimum absolute atomic E-state index is 0.930. The van der Waals surface area contributed by atoms with Gasteiger partial charge in [-0.15, -0.1) is 0 Å². The van der Waals surface area contributed by atoms with Gasteiger partial charge < -0.3 is 5.32 Å². The first-order chi connectivity index (χ1) is 8.34. The van der Waals surface area contributed by atoms with Crippen LogP contribution in [0.25, 0.3) is 0 Å². The largest absolute Gasteiger partial charge is 0.313 e. The standard InChI is InChI=1S/C14H21BrN2/c15-14-8-13(10-17-11-14)9-16-7-6-12-4-2-1-3-5-12/h8,10-12,16H,1-7,9H2. The van der Waals surface area contributed by atoms with Crippen LogP contribution >= 0.6 is 15.9 Å². The van der Waals surface area contributed by atoms with E-state index in [2.05, 4.69) is 32.3 Å². The lowest BCUT2D eigenvalue weighted by molar-refractivity contribution is 0.334. The van der Waals surface area contributed by atoms with Crippen molar-refractivity contribution in [2.24, 2.45) is 5.92 Å². The van der Waals surface area contributed by atoms with Gasteiger partial charge in [0.2, 0.25) is 0 Å². The first kappa shape index (κ1) is 13.0. The Balaban J connectivity index is 1.62. The van der Waals surface area contributed by atoms with Gasteiger partial charge in [0.05, 0.1) is 0 Å². The van der Waals surface area contributed by atoms with Gasteiger partial charge in [-0.05, 0) is 46.4 Å². The van der Waals surface area contributed by atoms with E-state index in [1.54, 1.807) is 0 Å². The normalized spacial score (nSPS) is 17.2. The molecule has 17 heavy (non-hydrogen) atoms. The van der Waals surface area contributed by atoms with Gasteiger partial charge in [-0.2, -0.15) is 0 Å². The minimum atomic E-state index is 0.930. The van der Waals surface area contributed by atoms with E-state index < -0.39 is 0 Å². The average molecular weight is 297 g/mol. The molecule has 0 aromatic carbocycles. The summed E-state index contributed by atoms with van der Waals surface area (Å²) >= 11 is 3.44. The molecule has 1 aromatic heterocycles. The minimum Gasteiger partial charge on any atom is -0.313 e. The van der Waals surface area contributed by atoms with Gasteiger partial charge in [0.1, 0.15) is 0 Å². The van der Waals surface area contributed by atoms with E-state index in [1.807, 2.05) is 12.4 Å². The maximum atomic E-state index is 4.17. The third-order valence-corrected chi connectivity index (χ3v) is 3.98. The Morgan fingerprint density at radius 1 is 1.24 bits per heavy atom. The summed E-state index contributed by atoms with van der Waals surface area (Å²) in [4.78, 5) is 4.17. The smallest absolute Gasteiger partial charge is 0.0410 e. The average Bonchev–Trinajstić information content (AvgIpc) is 2.36. The Kier molecular flexibility index (Phi) is 5.46. The van der Waals surface area contributed by atoms with Crippen LogP contribution in [0.15, 0.2) is 22.9 Å². The highest BCUT2D eigenvalue weighted by molar-refractivity contribution is 9.10. The topological polar surface area (TPSA) is 24.9 Å². The number of halogens is 1. The van der Waals surface area contributed by atoms with Crippen molar-refractivity contribution < 1.29 is 0 Å². The third-order valence-electron chi connectivity index (χ3n) is 3.54. The molecule has 1 heterocycles. The molecule has 0 amide bonds. The predicted molar refractivity (Wildman–Crippen MR) is 74.8 cm³/mol. The van der Waals surface area contributed by atoms with E-state index in [-0.39, 0.29) is 0 Å². The third kappa shape index (κ3) is 4.76. The summed E-state index contributed by atoms with van der Waals surface area (Å²) in [7, 11) is 0. The van der Waals surface area contributed by atoms with E-state index in [0.29, 0.717) is 0 Å². The van der Waals surface area contributed by atoms with E-state index in [4.69, 9.17) is 0 Å². The van der Waals surface area contributed by atoms with Gasteiger partial charge >= 0.3 is 0 Å². The van der Waals surface area contributed by atoms with Crippen molar-refractivity contribution in [1.29, 1.82) is 0 Å². The molecular formula is C14H21BrN2. The molecule has 0 aliphatic heterocycles. The maximum absolute atomic E-state index is 4.17. The number of rotatable bonds is 5. The van der Waals surface area contributed by atoms with Crippen LogP contribution in [0, 0.1) is 5.92 Å². The molecular weight excluding hydrogens is 276 g/mol. The van der Waals surface area contributed by atoms with Crippen molar-refractivity contribution in [1.82, 2.24) is 10.3 Å². The molecule has 2 rings (SSSR count). The molecule has 2 nitrogen and oxygen atoms in total. The Hall–Kier alpha value is -0.410. The summed E-state index contributed by atoms with van der Waals surface area (Å²) in [6.45, 7) is 2.07. The number of aromatic nitrogens is 1. The number of hydrogen-bond acceptors (Lipinski definition) is 2. The lowest BCUT2D eigenvalue weighted by Crippen LogP contribution is -2.19. The lowest BCUT2D eigenvalue weighted by atomic mass is 9.87. The van der Waals surface area contributed by atoms with E-state index in [0.717, 1.165) is 23.5 Å². The van der Waals surface area contributed by atoms with E-state index >= 15 is 0 Å². The van der Waals surface area contributed by atoms with Crippen molar-refractivity contribution in [3.8, 4) is 0 Å². The summed E-state index contributed by atoms with van der Waals surface area (Å²) in [5, 5.41) is 3.52. The van der Waals surface area contributed by atoms with Gasteiger partial charge in [0, 0.05) is 23.4 Å². The highest BCUT2D eigenvalue weighted by atomic mass is 79.9. The van der Waals surface area contributed by atoms with Crippen LogP contribution in [0.4, 0.5) is 0 Å². The zero-order valence-electron chi connectivity index (χ0n) is 10.3. The second kappa shape index (κ2) is 7.12. The highest BCUT2D eigenvalue weighted by Crippen LogP contribution is 2.25. The van der Waals surface area contributed by atoms with E-state index in [1.165, 1.54) is 44.1 Å². The molecule has 0 spiro atoms. The van der Waals surface area contributed by atoms with Gasteiger partial charge in [-0.1, -0.05) is 32.1 Å². The van der Waals surface area contributed by atoms with E-state index in [9.17, 15) is 0 Å². The summed E-state index contributed by atoms with van der Waals surface area (Å²) in [6.07, 6.45) is 12.3. The van der Waals surface area contributed by atoms with Crippen LogP contribution in [0.5, 0.6) is 0 Å². The Labute approximate surface area is 112 Å². The molecule has 0 saturated heterocycles. The summed E-state index contributed by atoms with van der Waals surface area (Å²) in [5.74, 6) is 0.969. The molecule has 1 saturated carbocycles.